The number of carbonyl (C=O) groups excluding carboxylic acids is 1. The number of carbonyl (C=O) groups is 1. The number of hydrogen-bond acceptors (Lipinski definition) is 5. The summed E-state index contributed by atoms with van der Waals surface area (Å²) in [6, 6.07) is 14.6. The van der Waals surface area contributed by atoms with E-state index in [1.54, 1.807) is 29.2 Å². The lowest BCUT2D eigenvalue weighted by molar-refractivity contribution is 0.0714. The zero-order chi connectivity index (χ0) is 20.4. The average molecular weight is 392 g/mol. The Bertz CT molecular complexity index is 1030. The summed E-state index contributed by atoms with van der Waals surface area (Å²) in [6.07, 6.45) is 1.50. The molecule has 3 aromatic rings. The van der Waals surface area contributed by atoms with Crippen molar-refractivity contribution >= 4 is 11.7 Å². The Balaban J connectivity index is 1.49. The smallest absolute Gasteiger partial charge is 0.289 e. The summed E-state index contributed by atoms with van der Waals surface area (Å²) < 4.78 is 6.64. The van der Waals surface area contributed by atoms with Crippen LogP contribution >= 0.6 is 0 Å². The van der Waals surface area contributed by atoms with Crippen molar-refractivity contribution in [3.63, 3.8) is 0 Å². The van der Waals surface area contributed by atoms with Crippen LogP contribution in [0.4, 0.5) is 5.82 Å². The van der Waals surface area contributed by atoms with E-state index in [2.05, 4.69) is 23.8 Å². The van der Waals surface area contributed by atoms with Gasteiger partial charge in [0.05, 0.1) is 12.0 Å². The lowest BCUT2D eigenvalue weighted by atomic mass is 10.0. The van der Waals surface area contributed by atoms with Gasteiger partial charge < -0.3 is 14.2 Å². The molecule has 0 bridgehead atoms. The predicted molar refractivity (Wildman–Crippen MR) is 111 cm³/mol. The van der Waals surface area contributed by atoms with E-state index in [1.165, 1.54) is 16.5 Å². The summed E-state index contributed by atoms with van der Waals surface area (Å²) in [4.78, 5) is 28.6. The normalized spacial score (nSPS) is 14.4. The van der Waals surface area contributed by atoms with Gasteiger partial charge in [0.15, 0.2) is 5.76 Å². The Labute approximate surface area is 169 Å². The van der Waals surface area contributed by atoms with Gasteiger partial charge in [0.25, 0.3) is 11.5 Å². The number of nitrogens with zero attached hydrogens (tertiary/aromatic N) is 4. The van der Waals surface area contributed by atoms with E-state index in [0.29, 0.717) is 37.9 Å². The quantitative estimate of drug-likeness (QED) is 0.683. The monoisotopic (exact) mass is 392 g/mol. The molecular weight excluding hydrogens is 368 g/mol. The second kappa shape index (κ2) is 7.95. The zero-order valence-electron chi connectivity index (χ0n) is 16.6. The zero-order valence-corrected chi connectivity index (χ0v) is 16.6. The van der Waals surface area contributed by atoms with Gasteiger partial charge in [-0.2, -0.15) is 4.68 Å². The first-order chi connectivity index (χ1) is 14.0. The second-order valence-corrected chi connectivity index (χ2v) is 7.44. The highest BCUT2D eigenvalue weighted by atomic mass is 16.3. The van der Waals surface area contributed by atoms with Gasteiger partial charge in [-0.3, -0.25) is 9.59 Å². The summed E-state index contributed by atoms with van der Waals surface area (Å²) in [5.41, 5.74) is 1.79. The molecule has 1 aliphatic rings. The molecule has 1 aromatic carbocycles. The number of benzene rings is 1. The van der Waals surface area contributed by atoms with E-state index >= 15 is 0 Å². The summed E-state index contributed by atoms with van der Waals surface area (Å²) in [5.74, 6) is 1.41. The van der Waals surface area contributed by atoms with Gasteiger partial charge in [0, 0.05) is 32.2 Å². The molecule has 1 aliphatic heterocycles. The van der Waals surface area contributed by atoms with E-state index < -0.39 is 0 Å². The van der Waals surface area contributed by atoms with Gasteiger partial charge in [-0.15, -0.1) is 5.10 Å². The van der Waals surface area contributed by atoms with Crippen LogP contribution in [-0.2, 0) is 0 Å². The van der Waals surface area contributed by atoms with Gasteiger partial charge in [-0.1, -0.05) is 26.0 Å². The van der Waals surface area contributed by atoms with E-state index in [9.17, 15) is 9.59 Å². The summed E-state index contributed by atoms with van der Waals surface area (Å²) in [5, 5.41) is 4.57. The summed E-state index contributed by atoms with van der Waals surface area (Å²) >= 11 is 0. The van der Waals surface area contributed by atoms with Crippen molar-refractivity contribution in [2.24, 2.45) is 0 Å². The van der Waals surface area contributed by atoms with E-state index in [4.69, 9.17) is 4.42 Å². The van der Waals surface area contributed by atoms with Gasteiger partial charge in [-0.05, 0) is 41.8 Å². The number of hydrogen-bond donors (Lipinski definition) is 0. The van der Waals surface area contributed by atoms with Crippen LogP contribution in [0.15, 0.2) is 64.0 Å². The third-order valence-corrected chi connectivity index (χ3v) is 5.21. The number of piperazine rings is 1. The molecule has 0 aliphatic carbocycles. The summed E-state index contributed by atoms with van der Waals surface area (Å²) in [6.45, 7) is 6.70. The van der Waals surface area contributed by atoms with E-state index in [1.807, 2.05) is 24.3 Å². The fraction of sp³-hybridized carbons (Fsp3) is 0.318. The molecule has 1 fully saturated rings. The van der Waals surface area contributed by atoms with E-state index in [-0.39, 0.29) is 11.5 Å². The lowest BCUT2D eigenvalue weighted by Gasteiger charge is -2.35. The third kappa shape index (κ3) is 3.94. The maximum absolute atomic E-state index is 12.4. The fourth-order valence-electron chi connectivity index (χ4n) is 3.45. The second-order valence-electron chi connectivity index (χ2n) is 7.44. The highest BCUT2D eigenvalue weighted by molar-refractivity contribution is 5.91. The largest absolute Gasteiger partial charge is 0.459 e. The van der Waals surface area contributed by atoms with Crippen molar-refractivity contribution in [2.45, 2.75) is 19.8 Å². The van der Waals surface area contributed by atoms with Crippen molar-refractivity contribution in [3.05, 3.63) is 76.5 Å². The fourth-order valence-corrected chi connectivity index (χ4v) is 3.45. The molecule has 0 saturated carbocycles. The molecule has 150 valence electrons. The van der Waals surface area contributed by atoms with Gasteiger partial charge in [-0.25, -0.2) is 0 Å². The maximum Gasteiger partial charge on any atom is 0.289 e. The molecule has 7 heteroatoms. The Morgan fingerprint density at radius 3 is 2.34 bits per heavy atom. The maximum atomic E-state index is 12.4. The number of furan rings is 1. The van der Waals surface area contributed by atoms with Crippen molar-refractivity contribution in [2.75, 3.05) is 31.1 Å². The summed E-state index contributed by atoms with van der Waals surface area (Å²) in [7, 11) is 0. The van der Waals surface area contributed by atoms with Gasteiger partial charge in [0.1, 0.15) is 5.82 Å². The van der Waals surface area contributed by atoms with Crippen molar-refractivity contribution in [3.8, 4) is 5.69 Å². The van der Waals surface area contributed by atoms with Crippen molar-refractivity contribution < 1.29 is 9.21 Å². The Morgan fingerprint density at radius 1 is 1.00 bits per heavy atom. The molecule has 7 nitrogen and oxygen atoms in total. The van der Waals surface area contributed by atoms with Gasteiger partial charge in [0.2, 0.25) is 0 Å². The van der Waals surface area contributed by atoms with Crippen LogP contribution in [0, 0.1) is 0 Å². The number of anilines is 1. The van der Waals surface area contributed by atoms with Crippen LogP contribution in [0.3, 0.4) is 0 Å². The number of aromatic nitrogens is 2. The topological polar surface area (TPSA) is 71.6 Å². The number of rotatable bonds is 4. The molecule has 1 amide bonds. The molecule has 1 saturated heterocycles. The molecule has 4 rings (SSSR count). The molecule has 0 atom stereocenters. The molecule has 29 heavy (non-hydrogen) atoms. The van der Waals surface area contributed by atoms with E-state index in [0.717, 1.165) is 11.5 Å². The third-order valence-electron chi connectivity index (χ3n) is 5.21. The van der Waals surface area contributed by atoms with Crippen molar-refractivity contribution in [1.82, 2.24) is 14.7 Å². The van der Waals surface area contributed by atoms with Crippen LogP contribution in [0.2, 0.25) is 0 Å². The molecule has 0 N–H and O–H groups in total. The molecular formula is C22H24N4O3. The minimum absolute atomic E-state index is 0.0992. The number of amides is 1. The SMILES string of the molecule is CC(C)c1ccc(-n2nc(N3CCN(C(=O)c4ccco4)CC3)ccc2=O)cc1. The Kier molecular flexibility index (Phi) is 5.20. The standard InChI is InChI=1S/C22H24N4O3/c1-16(2)17-5-7-18(8-6-17)26-21(27)10-9-20(23-26)24-11-13-25(14-12-24)22(28)19-4-3-15-29-19/h3-10,15-16H,11-14H2,1-2H3. The van der Waals surface area contributed by atoms with Gasteiger partial charge >= 0.3 is 0 Å². The minimum atomic E-state index is -0.169. The Morgan fingerprint density at radius 2 is 1.72 bits per heavy atom. The van der Waals surface area contributed by atoms with Crippen LogP contribution in [0.1, 0.15) is 35.9 Å². The highest BCUT2D eigenvalue weighted by Gasteiger charge is 2.24. The highest BCUT2D eigenvalue weighted by Crippen LogP contribution is 2.18. The Hall–Kier alpha value is -3.35. The van der Waals surface area contributed by atoms with Crippen molar-refractivity contribution in [1.29, 1.82) is 0 Å². The minimum Gasteiger partial charge on any atom is -0.459 e. The molecule has 3 heterocycles. The molecule has 0 spiro atoms. The average Bonchev–Trinajstić information content (AvgIpc) is 3.29. The first-order valence-electron chi connectivity index (χ1n) is 9.81. The molecule has 2 aromatic heterocycles. The first-order valence-corrected chi connectivity index (χ1v) is 9.81. The first kappa shape index (κ1) is 19.0. The molecule has 0 unspecified atom stereocenters. The van der Waals surface area contributed by atoms with Crippen LogP contribution in [0.25, 0.3) is 5.69 Å². The molecule has 0 radical (unpaired) electrons. The van der Waals surface area contributed by atoms with Crippen LogP contribution in [-0.4, -0.2) is 46.8 Å². The van der Waals surface area contributed by atoms with Crippen LogP contribution < -0.4 is 10.5 Å². The predicted octanol–water partition coefficient (Wildman–Crippen LogP) is 2.91. The van der Waals surface area contributed by atoms with Crippen LogP contribution in [0.5, 0.6) is 0 Å². The lowest BCUT2D eigenvalue weighted by Crippen LogP contribution is -2.49.